The molecule has 0 saturated carbocycles. The van der Waals surface area contributed by atoms with Crippen LogP contribution in [0.15, 0.2) is 71.5 Å². The van der Waals surface area contributed by atoms with Crippen molar-refractivity contribution in [3.05, 3.63) is 82.6 Å². The Kier molecular flexibility index (Phi) is 5.87. The molecule has 0 atom stereocenters. The van der Waals surface area contributed by atoms with Gasteiger partial charge in [0.25, 0.3) is 5.91 Å². The molecular weight excluding hydrogens is 450 g/mol. The zero-order chi connectivity index (χ0) is 20.2. The summed E-state index contributed by atoms with van der Waals surface area (Å²) in [6, 6.07) is 17.3. The lowest BCUT2D eigenvalue weighted by atomic mass is 10.2. The molecule has 2 heterocycles. The van der Waals surface area contributed by atoms with Crippen molar-refractivity contribution in [3.63, 3.8) is 0 Å². The Balaban J connectivity index is 1.60. The van der Waals surface area contributed by atoms with Crippen molar-refractivity contribution in [1.82, 2.24) is 9.97 Å². The van der Waals surface area contributed by atoms with Gasteiger partial charge in [0.05, 0.1) is 16.8 Å². The Morgan fingerprint density at radius 3 is 2.86 bits per heavy atom. The van der Waals surface area contributed by atoms with Gasteiger partial charge in [-0.25, -0.2) is 4.98 Å². The number of thiazole rings is 1. The molecule has 0 radical (unpaired) electrons. The average Bonchev–Trinajstić information content (AvgIpc) is 3.14. The topological polar surface area (TPSA) is 55.3 Å². The van der Waals surface area contributed by atoms with E-state index in [2.05, 4.69) is 25.9 Å². The molecule has 0 aliphatic carbocycles. The van der Waals surface area contributed by atoms with Gasteiger partial charge in [-0.15, -0.1) is 0 Å². The normalized spacial score (nSPS) is 10.8. The highest BCUT2D eigenvalue weighted by molar-refractivity contribution is 9.10. The van der Waals surface area contributed by atoms with Gasteiger partial charge in [0, 0.05) is 16.9 Å². The average molecular weight is 468 g/mol. The van der Waals surface area contributed by atoms with Gasteiger partial charge >= 0.3 is 0 Å². The van der Waals surface area contributed by atoms with Gasteiger partial charge in [0.15, 0.2) is 11.7 Å². The van der Waals surface area contributed by atoms with Crippen molar-refractivity contribution in [2.24, 2.45) is 0 Å². The largest absolute Gasteiger partial charge is 0.484 e. The summed E-state index contributed by atoms with van der Waals surface area (Å²) in [6.07, 6.45) is 3.47. The first-order valence-electron chi connectivity index (χ1n) is 9.03. The Labute approximate surface area is 181 Å². The van der Waals surface area contributed by atoms with E-state index in [0.29, 0.717) is 17.4 Å². The molecule has 2 aromatic carbocycles. The molecule has 5 nitrogen and oxygen atoms in total. The lowest BCUT2D eigenvalue weighted by molar-refractivity contribution is -0.120. The Hall–Kier alpha value is -2.77. The molecule has 0 fully saturated rings. The molecule has 4 aromatic rings. The van der Waals surface area contributed by atoms with Crippen LogP contribution in [0.3, 0.4) is 0 Å². The number of pyridine rings is 1. The first-order valence-corrected chi connectivity index (χ1v) is 10.6. The van der Waals surface area contributed by atoms with E-state index in [4.69, 9.17) is 4.74 Å². The van der Waals surface area contributed by atoms with Crippen LogP contribution in [0.5, 0.6) is 5.75 Å². The number of amides is 1. The van der Waals surface area contributed by atoms with E-state index in [1.54, 1.807) is 17.3 Å². The first kappa shape index (κ1) is 19.5. The predicted molar refractivity (Wildman–Crippen MR) is 119 cm³/mol. The summed E-state index contributed by atoms with van der Waals surface area (Å²) in [5, 5.41) is 0.639. The smallest absolute Gasteiger partial charge is 0.267 e. The minimum absolute atomic E-state index is 0.0661. The van der Waals surface area contributed by atoms with E-state index in [-0.39, 0.29) is 12.5 Å². The molecule has 146 valence electrons. The van der Waals surface area contributed by atoms with Gasteiger partial charge in [0.1, 0.15) is 5.75 Å². The molecule has 0 aliphatic heterocycles. The van der Waals surface area contributed by atoms with Crippen LogP contribution in [-0.2, 0) is 11.3 Å². The minimum Gasteiger partial charge on any atom is -0.484 e. The fraction of sp³-hybridized carbons (Fsp3) is 0.136. The van der Waals surface area contributed by atoms with Gasteiger partial charge in [-0.3, -0.25) is 14.7 Å². The number of hydrogen-bond acceptors (Lipinski definition) is 5. The van der Waals surface area contributed by atoms with Crippen LogP contribution in [0.2, 0.25) is 0 Å². The minimum atomic E-state index is -0.159. The number of aromatic nitrogens is 2. The van der Waals surface area contributed by atoms with Crippen molar-refractivity contribution in [2.75, 3.05) is 11.5 Å². The second-order valence-corrected chi connectivity index (χ2v) is 8.48. The summed E-state index contributed by atoms with van der Waals surface area (Å²) in [5.41, 5.74) is 2.87. The van der Waals surface area contributed by atoms with Crippen LogP contribution >= 0.6 is 27.3 Å². The number of carbonyl (C=O) groups is 1. The van der Waals surface area contributed by atoms with E-state index in [9.17, 15) is 4.79 Å². The molecule has 0 saturated heterocycles. The van der Waals surface area contributed by atoms with Gasteiger partial charge in [0.2, 0.25) is 0 Å². The molecule has 2 aromatic heterocycles. The lowest BCUT2D eigenvalue weighted by Crippen LogP contribution is -2.34. The summed E-state index contributed by atoms with van der Waals surface area (Å²) in [4.78, 5) is 23.6. The second-order valence-electron chi connectivity index (χ2n) is 6.55. The molecule has 0 aliphatic rings. The number of hydrogen-bond donors (Lipinski definition) is 0. The first-order chi connectivity index (χ1) is 14.1. The lowest BCUT2D eigenvalue weighted by Gasteiger charge is -2.20. The fourth-order valence-electron chi connectivity index (χ4n) is 2.87. The molecular formula is C22H18BrN3O2S. The van der Waals surface area contributed by atoms with Crippen molar-refractivity contribution in [3.8, 4) is 5.75 Å². The standard InChI is InChI=1S/C22H18BrN3O2S/c1-15-4-2-6-18(10-15)28-14-21(27)26(13-16-5-3-9-24-12-16)22-25-19-8-7-17(23)11-20(19)29-22/h2-12H,13-14H2,1H3. The van der Waals surface area contributed by atoms with Crippen molar-refractivity contribution in [2.45, 2.75) is 13.5 Å². The van der Waals surface area contributed by atoms with E-state index in [0.717, 1.165) is 25.8 Å². The van der Waals surface area contributed by atoms with Crippen LogP contribution in [0.4, 0.5) is 5.13 Å². The van der Waals surface area contributed by atoms with Crippen LogP contribution in [0, 0.1) is 6.92 Å². The molecule has 29 heavy (non-hydrogen) atoms. The number of carbonyl (C=O) groups excluding carboxylic acids is 1. The number of fused-ring (bicyclic) bond motifs is 1. The second kappa shape index (κ2) is 8.71. The molecule has 7 heteroatoms. The van der Waals surface area contributed by atoms with Crippen LogP contribution < -0.4 is 9.64 Å². The number of anilines is 1. The van der Waals surface area contributed by atoms with Crippen LogP contribution in [-0.4, -0.2) is 22.5 Å². The number of halogens is 1. The van der Waals surface area contributed by atoms with E-state index in [1.807, 2.05) is 61.5 Å². The predicted octanol–water partition coefficient (Wildman–Crippen LogP) is 5.37. The Morgan fingerprint density at radius 2 is 2.07 bits per heavy atom. The number of rotatable bonds is 6. The van der Waals surface area contributed by atoms with E-state index in [1.165, 1.54) is 11.3 Å². The maximum atomic E-state index is 13.1. The van der Waals surface area contributed by atoms with Gasteiger partial charge in [-0.2, -0.15) is 0 Å². The highest BCUT2D eigenvalue weighted by Gasteiger charge is 2.21. The number of nitrogens with zero attached hydrogens (tertiary/aromatic N) is 3. The highest BCUT2D eigenvalue weighted by Crippen LogP contribution is 2.31. The van der Waals surface area contributed by atoms with Crippen molar-refractivity contribution >= 4 is 48.5 Å². The monoisotopic (exact) mass is 467 g/mol. The van der Waals surface area contributed by atoms with Crippen molar-refractivity contribution < 1.29 is 9.53 Å². The van der Waals surface area contributed by atoms with E-state index < -0.39 is 0 Å². The molecule has 4 rings (SSSR count). The molecule has 0 spiro atoms. The van der Waals surface area contributed by atoms with Crippen LogP contribution in [0.1, 0.15) is 11.1 Å². The maximum absolute atomic E-state index is 13.1. The molecule has 0 unspecified atom stereocenters. The number of ether oxygens (including phenoxy) is 1. The number of benzene rings is 2. The van der Waals surface area contributed by atoms with Gasteiger partial charge in [-0.05, 0) is 54.4 Å². The third kappa shape index (κ3) is 4.81. The highest BCUT2D eigenvalue weighted by atomic mass is 79.9. The summed E-state index contributed by atoms with van der Waals surface area (Å²) < 4.78 is 7.74. The SMILES string of the molecule is Cc1cccc(OCC(=O)N(Cc2cccnc2)c2nc3ccc(Br)cc3s2)c1. The molecule has 1 amide bonds. The summed E-state index contributed by atoms with van der Waals surface area (Å²) in [5.74, 6) is 0.515. The molecule has 0 bridgehead atoms. The van der Waals surface area contributed by atoms with Gasteiger partial charge in [-0.1, -0.05) is 45.5 Å². The van der Waals surface area contributed by atoms with Gasteiger partial charge < -0.3 is 4.74 Å². The summed E-state index contributed by atoms with van der Waals surface area (Å²) in [7, 11) is 0. The van der Waals surface area contributed by atoms with E-state index >= 15 is 0 Å². The zero-order valence-electron chi connectivity index (χ0n) is 15.7. The third-order valence-corrected chi connectivity index (χ3v) is 5.82. The fourth-order valence-corrected chi connectivity index (χ4v) is 4.40. The Bertz CT molecular complexity index is 1150. The third-order valence-electron chi connectivity index (χ3n) is 4.29. The Morgan fingerprint density at radius 1 is 1.17 bits per heavy atom. The summed E-state index contributed by atoms with van der Waals surface area (Å²) >= 11 is 4.97. The molecule has 0 N–H and O–H groups in total. The number of aryl methyl sites for hydroxylation is 1. The van der Waals surface area contributed by atoms with Crippen molar-refractivity contribution in [1.29, 1.82) is 0 Å². The summed E-state index contributed by atoms with van der Waals surface area (Å²) in [6.45, 7) is 2.30. The maximum Gasteiger partial charge on any atom is 0.267 e. The quantitative estimate of drug-likeness (QED) is 0.382. The van der Waals surface area contributed by atoms with Crippen LogP contribution in [0.25, 0.3) is 10.2 Å². The zero-order valence-corrected chi connectivity index (χ0v) is 18.1.